The van der Waals surface area contributed by atoms with Crippen LogP contribution in [0.2, 0.25) is 0 Å². The minimum atomic E-state index is -0.479. The summed E-state index contributed by atoms with van der Waals surface area (Å²) in [6.07, 6.45) is 2.88. The van der Waals surface area contributed by atoms with E-state index in [4.69, 9.17) is 4.74 Å². The molecule has 2 heterocycles. The molecular weight excluding hydrogens is 198 g/mol. The van der Waals surface area contributed by atoms with Crippen LogP contribution in [0.4, 0.5) is 0 Å². The number of rotatable bonds is 2. The molecule has 0 bridgehead atoms. The minimum Gasteiger partial charge on any atom is -0.464 e. The number of nitrogens with one attached hydrogen (secondary N) is 1. The predicted molar refractivity (Wildman–Crippen MR) is 50.3 cm³/mol. The molecule has 0 aliphatic carbocycles. The first kappa shape index (κ1) is 10.1. The van der Waals surface area contributed by atoms with Gasteiger partial charge in [0.05, 0.1) is 7.11 Å². The number of hydrogen-bond acceptors (Lipinski definition) is 5. The molecule has 1 N–H and O–H groups in total. The van der Waals surface area contributed by atoms with Crippen molar-refractivity contribution >= 4 is 5.97 Å². The maximum atomic E-state index is 11.3. The van der Waals surface area contributed by atoms with Crippen LogP contribution in [0.1, 0.15) is 41.5 Å². The van der Waals surface area contributed by atoms with Crippen molar-refractivity contribution in [3.05, 3.63) is 11.4 Å². The molecule has 1 unspecified atom stereocenters. The molecular formula is C9H13N3O3. The van der Waals surface area contributed by atoms with Crippen molar-refractivity contribution in [3.8, 4) is 0 Å². The molecule has 1 fully saturated rings. The molecule has 1 saturated heterocycles. The van der Waals surface area contributed by atoms with Crippen molar-refractivity contribution in [1.29, 1.82) is 0 Å². The molecule has 6 nitrogen and oxygen atoms in total. The van der Waals surface area contributed by atoms with Gasteiger partial charge >= 0.3 is 5.97 Å². The van der Waals surface area contributed by atoms with Crippen molar-refractivity contribution in [3.63, 3.8) is 0 Å². The third kappa shape index (κ3) is 1.99. The van der Waals surface area contributed by atoms with Crippen molar-refractivity contribution < 1.29 is 14.3 Å². The highest BCUT2D eigenvalue weighted by Gasteiger charge is 2.26. The van der Waals surface area contributed by atoms with Gasteiger partial charge in [-0.15, -0.1) is 5.10 Å². The number of carbonyl (C=O) groups excluding carboxylic acids is 1. The number of methoxy groups -OCH3 is 1. The van der Waals surface area contributed by atoms with Gasteiger partial charge in [0.25, 0.3) is 0 Å². The summed E-state index contributed by atoms with van der Waals surface area (Å²) in [6.45, 7) is 0.706. The van der Waals surface area contributed by atoms with Gasteiger partial charge in [0.1, 0.15) is 11.8 Å². The number of ether oxygens (including phenoxy) is 2. The van der Waals surface area contributed by atoms with Crippen LogP contribution in [0.15, 0.2) is 0 Å². The Kier molecular flexibility index (Phi) is 2.96. The second-order valence-corrected chi connectivity index (χ2v) is 3.40. The summed E-state index contributed by atoms with van der Waals surface area (Å²) >= 11 is 0. The molecule has 6 heteroatoms. The van der Waals surface area contributed by atoms with Crippen LogP contribution < -0.4 is 0 Å². The third-order valence-electron chi connectivity index (χ3n) is 2.44. The molecule has 15 heavy (non-hydrogen) atoms. The van der Waals surface area contributed by atoms with E-state index in [0.717, 1.165) is 19.3 Å². The van der Waals surface area contributed by atoms with Crippen molar-refractivity contribution in [2.45, 2.75) is 25.4 Å². The van der Waals surface area contributed by atoms with E-state index in [9.17, 15) is 4.79 Å². The molecule has 2 rings (SSSR count). The summed E-state index contributed by atoms with van der Waals surface area (Å²) in [7, 11) is 1.32. The summed E-state index contributed by atoms with van der Waals surface area (Å²) in [5.74, 6) is -0.479. The highest BCUT2D eigenvalue weighted by atomic mass is 16.5. The van der Waals surface area contributed by atoms with Gasteiger partial charge in [-0.3, -0.25) is 0 Å². The Labute approximate surface area is 87.0 Å². The van der Waals surface area contributed by atoms with Gasteiger partial charge < -0.3 is 9.47 Å². The molecule has 1 aromatic heterocycles. The van der Waals surface area contributed by atoms with Gasteiger partial charge in [-0.05, 0) is 19.3 Å². The SMILES string of the molecule is COC(=O)c1n[nH]nc1C1CCCCO1. The topological polar surface area (TPSA) is 77.1 Å². The Morgan fingerprint density at radius 3 is 3.07 bits per heavy atom. The quantitative estimate of drug-likeness (QED) is 0.733. The van der Waals surface area contributed by atoms with Gasteiger partial charge in [-0.2, -0.15) is 10.3 Å². The normalized spacial score (nSPS) is 21.3. The van der Waals surface area contributed by atoms with E-state index in [2.05, 4.69) is 20.1 Å². The van der Waals surface area contributed by atoms with Crippen LogP contribution in [0.3, 0.4) is 0 Å². The molecule has 82 valence electrons. The fraction of sp³-hybridized carbons (Fsp3) is 0.667. The van der Waals surface area contributed by atoms with Crippen molar-refractivity contribution in [2.75, 3.05) is 13.7 Å². The summed E-state index contributed by atoms with van der Waals surface area (Å²) in [5, 5.41) is 10.1. The maximum absolute atomic E-state index is 11.3. The maximum Gasteiger partial charge on any atom is 0.360 e. The molecule has 1 aliphatic rings. The van der Waals surface area contributed by atoms with Crippen LogP contribution in [0, 0.1) is 0 Å². The highest BCUT2D eigenvalue weighted by molar-refractivity contribution is 5.88. The van der Waals surface area contributed by atoms with E-state index in [1.54, 1.807) is 0 Å². The lowest BCUT2D eigenvalue weighted by Crippen LogP contribution is -2.15. The smallest absolute Gasteiger partial charge is 0.360 e. The lowest BCUT2D eigenvalue weighted by molar-refractivity contribution is 0.0109. The van der Waals surface area contributed by atoms with Crippen molar-refractivity contribution in [1.82, 2.24) is 15.4 Å². The first-order chi connectivity index (χ1) is 7.33. The number of H-pyrrole nitrogens is 1. The van der Waals surface area contributed by atoms with Crippen LogP contribution in [-0.4, -0.2) is 35.1 Å². The number of hydrogen-bond donors (Lipinski definition) is 1. The fourth-order valence-electron chi connectivity index (χ4n) is 1.67. The molecule has 0 amide bonds. The van der Waals surface area contributed by atoms with E-state index >= 15 is 0 Å². The van der Waals surface area contributed by atoms with Crippen LogP contribution in [0.25, 0.3) is 0 Å². The molecule has 1 atom stereocenters. The second kappa shape index (κ2) is 4.39. The molecule has 0 radical (unpaired) electrons. The summed E-state index contributed by atoms with van der Waals surface area (Å²) in [5.41, 5.74) is 0.783. The van der Waals surface area contributed by atoms with Crippen LogP contribution >= 0.6 is 0 Å². The lowest BCUT2D eigenvalue weighted by Gasteiger charge is -2.20. The van der Waals surface area contributed by atoms with E-state index in [0.29, 0.717) is 12.3 Å². The minimum absolute atomic E-state index is 0.133. The van der Waals surface area contributed by atoms with Crippen molar-refractivity contribution in [2.24, 2.45) is 0 Å². The summed E-state index contributed by atoms with van der Waals surface area (Å²) < 4.78 is 10.1. The van der Waals surface area contributed by atoms with E-state index in [1.165, 1.54) is 7.11 Å². The average Bonchev–Trinajstić information content (AvgIpc) is 2.78. The molecule has 1 aromatic rings. The van der Waals surface area contributed by atoms with E-state index < -0.39 is 5.97 Å². The van der Waals surface area contributed by atoms with Gasteiger partial charge in [0, 0.05) is 6.61 Å². The predicted octanol–water partition coefficient (Wildman–Crippen LogP) is 0.833. The van der Waals surface area contributed by atoms with Gasteiger partial charge in [0.2, 0.25) is 0 Å². The first-order valence-corrected chi connectivity index (χ1v) is 4.93. The summed E-state index contributed by atoms with van der Waals surface area (Å²) in [6, 6.07) is 0. The van der Waals surface area contributed by atoms with E-state index in [1.807, 2.05) is 0 Å². The zero-order valence-electron chi connectivity index (χ0n) is 8.52. The number of aromatic amines is 1. The Balaban J connectivity index is 2.19. The monoisotopic (exact) mass is 211 g/mol. The number of aromatic nitrogens is 3. The zero-order chi connectivity index (χ0) is 10.7. The van der Waals surface area contributed by atoms with Crippen LogP contribution in [0.5, 0.6) is 0 Å². The van der Waals surface area contributed by atoms with Gasteiger partial charge in [0.15, 0.2) is 5.69 Å². The number of nitrogens with zero attached hydrogens (tertiary/aromatic N) is 2. The largest absolute Gasteiger partial charge is 0.464 e. The van der Waals surface area contributed by atoms with Crippen LogP contribution in [-0.2, 0) is 9.47 Å². The Morgan fingerprint density at radius 2 is 2.40 bits per heavy atom. The first-order valence-electron chi connectivity index (χ1n) is 4.93. The Bertz CT molecular complexity index is 344. The third-order valence-corrected chi connectivity index (χ3v) is 2.44. The second-order valence-electron chi connectivity index (χ2n) is 3.40. The number of esters is 1. The fourth-order valence-corrected chi connectivity index (χ4v) is 1.67. The van der Waals surface area contributed by atoms with Gasteiger partial charge in [-0.25, -0.2) is 4.79 Å². The molecule has 0 aromatic carbocycles. The summed E-state index contributed by atoms with van der Waals surface area (Å²) in [4.78, 5) is 11.3. The molecule has 1 aliphatic heterocycles. The standard InChI is InChI=1S/C9H13N3O3/c1-14-9(13)8-7(10-12-11-8)6-4-2-3-5-15-6/h6H,2-5H2,1H3,(H,10,11,12). The Hall–Kier alpha value is -1.43. The van der Waals surface area contributed by atoms with E-state index in [-0.39, 0.29) is 11.8 Å². The lowest BCUT2D eigenvalue weighted by atomic mass is 10.1. The Morgan fingerprint density at radius 1 is 1.53 bits per heavy atom. The average molecular weight is 211 g/mol. The highest BCUT2D eigenvalue weighted by Crippen LogP contribution is 2.27. The van der Waals surface area contributed by atoms with Gasteiger partial charge in [-0.1, -0.05) is 0 Å². The molecule has 0 saturated carbocycles. The molecule has 0 spiro atoms. The zero-order valence-corrected chi connectivity index (χ0v) is 8.52. The number of carbonyl (C=O) groups is 1.